The maximum atomic E-state index is 14.6. The molecule has 33 heavy (non-hydrogen) atoms. The lowest BCUT2D eigenvalue weighted by Crippen LogP contribution is -2.26. The molecule has 0 saturated carbocycles. The Morgan fingerprint density at radius 2 is 1.94 bits per heavy atom. The minimum absolute atomic E-state index is 0.0368. The van der Waals surface area contributed by atoms with Crippen LogP contribution in [-0.4, -0.2) is 38.0 Å². The molecule has 0 bridgehead atoms. The molecule has 3 heterocycles. The molecular weight excluding hydrogens is 430 g/mol. The summed E-state index contributed by atoms with van der Waals surface area (Å²) >= 11 is 0. The molecule has 2 aromatic carbocycles. The second-order valence-electron chi connectivity index (χ2n) is 7.58. The number of aromatic nitrogens is 5. The van der Waals surface area contributed by atoms with Gasteiger partial charge in [0.25, 0.3) is 5.95 Å². The fourth-order valence-electron chi connectivity index (χ4n) is 4.03. The molecule has 5 rings (SSSR count). The number of carbonyl (C=O) groups excluding carboxylic acids is 1. The van der Waals surface area contributed by atoms with E-state index in [-0.39, 0.29) is 23.8 Å². The number of ether oxygens (including phenoxy) is 1. The second kappa shape index (κ2) is 8.05. The van der Waals surface area contributed by atoms with Crippen molar-refractivity contribution in [3.63, 3.8) is 0 Å². The predicted molar refractivity (Wildman–Crippen MR) is 115 cm³/mol. The van der Waals surface area contributed by atoms with Gasteiger partial charge < -0.3 is 10.1 Å². The Morgan fingerprint density at radius 1 is 1.15 bits per heavy atom. The highest BCUT2D eigenvalue weighted by Gasteiger charge is 2.35. The van der Waals surface area contributed by atoms with Crippen LogP contribution in [0.15, 0.2) is 48.7 Å². The summed E-state index contributed by atoms with van der Waals surface area (Å²) in [4.78, 5) is 17.1. The van der Waals surface area contributed by atoms with Gasteiger partial charge >= 0.3 is 0 Å². The lowest BCUT2D eigenvalue weighted by molar-refractivity contribution is -0.116. The van der Waals surface area contributed by atoms with Gasteiger partial charge in [0, 0.05) is 23.5 Å². The molecule has 0 radical (unpaired) electrons. The van der Waals surface area contributed by atoms with E-state index >= 15 is 0 Å². The highest BCUT2D eigenvalue weighted by atomic mass is 19.2. The Bertz CT molecular complexity index is 1370. The van der Waals surface area contributed by atoms with E-state index in [9.17, 15) is 13.6 Å². The third-order valence-electron chi connectivity index (χ3n) is 5.58. The summed E-state index contributed by atoms with van der Waals surface area (Å²) in [5.41, 5.74) is 2.54. The fraction of sp³-hybridized carbons (Fsp3) is 0.174. The Morgan fingerprint density at radius 3 is 2.70 bits per heavy atom. The van der Waals surface area contributed by atoms with Crippen LogP contribution in [0.5, 0.6) is 5.75 Å². The summed E-state index contributed by atoms with van der Waals surface area (Å²) in [6.07, 6.45) is 1.47. The Hall–Kier alpha value is -4.21. The minimum Gasteiger partial charge on any atom is -0.497 e. The molecule has 1 amide bonds. The molecule has 10 heteroatoms. The van der Waals surface area contributed by atoms with Crippen molar-refractivity contribution >= 4 is 11.7 Å². The molecule has 2 aromatic heterocycles. The van der Waals surface area contributed by atoms with Crippen LogP contribution in [0.25, 0.3) is 17.2 Å². The molecule has 8 nitrogen and oxygen atoms in total. The van der Waals surface area contributed by atoms with Crippen molar-refractivity contribution in [1.29, 1.82) is 0 Å². The quantitative estimate of drug-likeness (QED) is 0.510. The summed E-state index contributed by atoms with van der Waals surface area (Å²) in [5, 5.41) is 15.4. The van der Waals surface area contributed by atoms with Gasteiger partial charge in [0.05, 0.1) is 24.7 Å². The molecular formula is C23H18F2N6O2. The topological polar surface area (TPSA) is 94.8 Å². The van der Waals surface area contributed by atoms with Crippen molar-refractivity contribution in [3.8, 4) is 23.0 Å². The standard InChI is InChI=1S/C23H18F2N6O2/c1-12-20-16(15-4-3-5-17(24)21(15)25)10-19(32)28-22(20)31(30-12)23-27-18(11-26-29-23)13-6-8-14(33-2)9-7-13/h3-9,11,16H,10H2,1-2H3,(H,28,32)/t16-/m1/s1. The van der Waals surface area contributed by atoms with Crippen LogP contribution in [-0.2, 0) is 4.79 Å². The number of anilines is 1. The number of fused-ring (bicyclic) bond motifs is 1. The Kier molecular flexibility index (Phi) is 5.04. The van der Waals surface area contributed by atoms with Crippen molar-refractivity contribution in [2.75, 3.05) is 12.4 Å². The van der Waals surface area contributed by atoms with Crippen LogP contribution in [0.4, 0.5) is 14.6 Å². The van der Waals surface area contributed by atoms with Crippen molar-refractivity contribution in [3.05, 3.63) is 77.1 Å². The smallest absolute Gasteiger partial charge is 0.272 e. The number of hydrogen-bond acceptors (Lipinski definition) is 6. The molecule has 1 aliphatic heterocycles. The maximum Gasteiger partial charge on any atom is 0.272 e. The first-order valence-corrected chi connectivity index (χ1v) is 10.1. The third kappa shape index (κ3) is 3.59. The van der Waals surface area contributed by atoms with E-state index in [0.29, 0.717) is 28.5 Å². The minimum atomic E-state index is -0.977. The number of amides is 1. The van der Waals surface area contributed by atoms with E-state index < -0.39 is 17.6 Å². The first kappa shape index (κ1) is 20.7. The zero-order valence-corrected chi connectivity index (χ0v) is 17.7. The van der Waals surface area contributed by atoms with Gasteiger partial charge in [-0.15, -0.1) is 5.10 Å². The third-order valence-corrected chi connectivity index (χ3v) is 5.58. The highest BCUT2D eigenvalue weighted by molar-refractivity contribution is 5.95. The SMILES string of the molecule is COc1ccc(-c2cnnc(-n3nc(C)c4c3NC(=O)C[C@@H]4c3cccc(F)c3F)n2)cc1. The summed E-state index contributed by atoms with van der Waals surface area (Å²) in [5.74, 6) is -1.84. The molecule has 0 fully saturated rings. The van der Waals surface area contributed by atoms with E-state index in [4.69, 9.17) is 4.74 Å². The van der Waals surface area contributed by atoms with E-state index in [2.05, 4.69) is 25.6 Å². The molecule has 1 aliphatic rings. The number of hydrogen-bond donors (Lipinski definition) is 1. The van der Waals surface area contributed by atoms with Crippen LogP contribution >= 0.6 is 0 Å². The lowest BCUT2D eigenvalue weighted by Gasteiger charge is -2.24. The van der Waals surface area contributed by atoms with Crippen molar-refractivity contribution in [2.24, 2.45) is 0 Å². The number of nitrogens with zero attached hydrogens (tertiary/aromatic N) is 5. The number of rotatable bonds is 4. The van der Waals surface area contributed by atoms with Gasteiger partial charge in [-0.05, 0) is 42.8 Å². The molecule has 1 atom stereocenters. The summed E-state index contributed by atoms with van der Waals surface area (Å²) in [6, 6.07) is 11.2. The fourth-order valence-corrected chi connectivity index (χ4v) is 4.03. The Balaban J connectivity index is 1.61. The molecule has 0 aliphatic carbocycles. The van der Waals surface area contributed by atoms with Crippen LogP contribution in [0.3, 0.4) is 0 Å². The summed E-state index contributed by atoms with van der Waals surface area (Å²) in [7, 11) is 1.58. The number of nitrogens with one attached hydrogen (secondary N) is 1. The molecule has 1 N–H and O–H groups in total. The zero-order chi connectivity index (χ0) is 23.1. The van der Waals surface area contributed by atoms with Crippen molar-refractivity contribution < 1.29 is 18.3 Å². The molecule has 0 unspecified atom stereocenters. The van der Waals surface area contributed by atoms with Crippen LogP contribution in [0, 0.1) is 18.6 Å². The first-order chi connectivity index (χ1) is 16.0. The van der Waals surface area contributed by atoms with E-state index in [1.807, 2.05) is 12.1 Å². The molecule has 0 saturated heterocycles. The number of methoxy groups -OCH3 is 1. The van der Waals surface area contributed by atoms with Crippen LogP contribution < -0.4 is 10.1 Å². The first-order valence-electron chi connectivity index (χ1n) is 10.1. The van der Waals surface area contributed by atoms with E-state index in [0.717, 1.165) is 11.6 Å². The van der Waals surface area contributed by atoms with Gasteiger partial charge in [-0.1, -0.05) is 12.1 Å². The normalized spacial score (nSPS) is 15.2. The number of halogens is 2. The van der Waals surface area contributed by atoms with Gasteiger partial charge in [0.15, 0.2) is 11.6 Å². The molecule has 0 spiro atoms. The largest absolute Gasteiger partial charge is 0.497 e. The maximum absolute atomic E-state index is 14.6. The van der Waals surface area contributed by atoms with Crippen molar-refractivity contribution in [2.45, 2.75) is 19.3 Å². The number of benzene rings is 2. The van der Waals surface area contributed by atoms with E-state index in [1.165, 1.54) is 23.0 Å². The average molecular weight is 448 g/mol. The van der Waals surface area contributed by atoms with Gasteiger partial charge in [-0.2, -0.15) is 14.9 Å². The summed E-state index contributed by atoms with van der Waals surface area (Å²) in [6.45, 7) is 1.73. The average Bonchev–Trinajstić information content (AvgIpc) is 3.16. The Labute approximate surface area is 187 Å². The van der Waals surface area contributed by atoms with Gasteiger partial charge in [0.1, 0.15) is 11.6 Å². The van der Waals surface area contributed by atoms with Crippen molar-refractivity contribution in [1.82, 2.24) is 25.0 Å². The highest BCUT2D eigenvalue weighted by Crippen LogP contribution is 2.41. The van der Waals surface area contributed by atoms with Gasteiger partial charge in [-0.25, -0.2) is 13.8 Å². The zero-order valence-electron chi connectivity index (χ0n) is 17.7. The summed E-state index contributed by atoms with van der Waals surface area (Å²) < 4.78 is 35.0. The lowest BCUT2D eigenvalue weighted by atomic mass is 9.85. The molecule has 4 aromatic rings. The van der Waals surface area contributed by atoms with Gasteiger partial charge in [-0.3, -0.25) is 4.79 Å². The number of aryl methyl sites for hydroxylation is 1. The van der Waals surface area contributed by atoms with Crippen LogP contribution in [0.1, 0.15) is 29.2 Å². The van der Waals surface area contributed by atoms with E-state index in [1.54, 1.807) is 26.2 Å². The number of carbonyl (C=O) groups is 1. The monoisotopic (exact) mass is 448 g/mol. The van der Waals surface area contributed by atoms with Crippen LogP contribution in [0.2, 0.25) is 0 Å². The van der Waals surface area contributed by atoms with Gasteiger partial charge in [0.2, 0.25) is 5.91 Å². The second-order valence-corrected chi connectivity index (χ2v) is 7.58. The molecule has 166 valence electrons. The predicted octanol–water partition coefficient (Wildman–Crippen LogP) is 3.79.